The number of ether oxygens (including phenoxy) is 2. The number of thiocarbonyl (C=S) groups is 1. The highest BCUT2D eigenvalue weighted by Crippen LogP contribution is 2.38. The van der Waals surface area contributed by atoms with Crippen LogP contribution >= 0.6 is 63.1 Å². The molecule has 3 rings (SSSR count). The first-order valence-corrected chi connectivity index (χ1v) is 11.9. The Morgan fingerprint density at radius 3 is 2.53 bits per heavy atom. The van der Waals surface area contributed by atoms with E-state index in [0.29, 0.717) is 43.9 Å². The topological polar surface area (TPSA) is 38.8 Å². The molecular formula is C21H18BrCl2NO3S2. The van der Waals surface area contributed by atoms with E-state index in [1.54, 1.807) is 23.1 Å². The van der Waals surface area contributed by atoms with Gasteiger partial charge in [-0.3, -0.25) is 9.69 Å². The molecule has 1 aliphatic rings. The molecule has 0 atom stereocenters. The minimum absolute atomic E-state index is 0.0879. The van der Waals surface area contributed by atoms with Crippen molar-refractivity contribution in [2.45, 2.75) is 20.5 Å². The van der Waals surface area contributed by atoms with E-state index in [1.165, 1.54) is 11.8 Å². The average molecular weight is 547 g/mol. The molecule has 9 heteroatoms. The molecule has 158 valence electrons. The fraction of sp³-hybridized carbons (Fsp3) is 0.238. The molecule has 1 aliphatic heterocycles. The molecule has 0 N–H and O–H groups in total. The van der Waals surface area contributed by atoms with Crippen molar-refractivity contribution in [3.05, 3.63) is 60.9 Å². The van der Waals surface area contributed by atoms with Gasteiger partial charge in [0, 0.05) is 26.6 Å². The summed E-state index contributed by atoms with van der Waals surface area (Å²) in [6, 6.07) is 8.92. The van der Waals surface area contributed by atoms with Gasteiger partial charge in [-0.2, -0.15) is 0 Å². The molecule has 1 fully saturated rings. The molecule has 0 radical (unpaired) electrons. The molecular weight excluding hydrogens is 529 g/mol. The fourth-order valence-electron chi connectivity index (χ4n) is 2.75. The van der Waals surface area contributed by atoms with Crippen molar-refractivity contribution in [3.63, 3.8) is 0 Å². The summed E-state index contributed by atoms with van der Waals surface area (Å²) in [5.41, 5.74) is 1.61. The van der Waals surface area contributed by atoms with Gasteiger partial charge in [0.25, 0.3) is 5.91 Å². The molecule has 0 aromatic heterocycles. The molecule has 0 spiro atoms. The molecule has 0 saturated carbocycles. The number of halogens is 3. The summed E-state index contributed by atoms with van der Waals surface area (Å²) >= 11 is 22.3. The number of thioether (sulfide) groups is 1. The van der Waals surface area contributed by atoms with E-state index in [-0.39, 0.29) is 12.5 Å². The molecule has 0 aliphatic carbocycles. The summed E-state index contributed by atoms with van der Waals surface area (Å²) in [4.78, 5) is 14.7. The number of carbonyl (C=O) groups excluding carboxylic acids is 1. The van der Waals surface area contributed by atoms with Gasteiger partial charge in [-0.15, -0.1) is 0 Å². The Morgan fingerprint density at radius 1 is 1.17 bits per heavy atom. The molecule has 1 heterocycles. The second-order valence-corrected chi connectivity index (χ2v) is 9.58. The van der Waals surface area contributed by atoms with E-state index in [9.17, 15) is 4.79 Å². The van der Waals surface area contributed by atoms with E-state index in [0.717, 1.165) is 15.6 Å². The third-order valence-electron chi connectivity index (χ3n) is 4.24. The van der Waals surface area contributed by atoms with Crippen LogP contribution < -0.4 is 9.47 Å². The summed E-state index contributed by atoms with van der Waals surface area (Å²) < 4.78 is 13.1. The standard InChI is InChI=1S/C21H18BrCl2NO3S2/c1-3-25-20(26)19(30-21(25)29)8-13-7-17(27-4-2)18(10-15(13)22)28-11-12-5-6-14(23)9-16(12)24/h5-10H,3-4,11H2,1-2H3/b19-8-. The predicted octanol–water partition coefficient (Wildman–Crippen LogP) is 6.95. The lowest BCUT2D eigenvalue weighted by atomic mass is 10.1. The van der Waals surface area contributed by atoms with E-state index >= 15 is 0 Å². The van der Waals surface area contributed by atoms with Gasteiger partial charge in [-0.25, -0.2) is 0 Å². The predicted molar refractivity (Wildman–Crippen MR) is 132 cm³/mol. The van der Waals surface area contributed by atoms with Crippen molar-refractivity contribution in [2.75, 3.05) is 13.2 Å². The molecule has 2 aromatic carbocycles. The van der Waals surface area contributed by atoms with E-state index in [4.69, 9.17) is 44.9 Å². The number of hydrogen-bond acceptors (Lipinski definition) is 5. The summed E-state index contributed by atoms with van der Waals surface area (Å²) in [7, 11) is 0. The van der Waals surface area contributed by atoms with Crippen molar-refractivity contribution < 1.29 is 14.3 Å². The summed E-state index contributed by atoms with van der Waals surface area (Å²) in [5, 5.41) is 1.11. The molecule has 2 aromatic rings. The summed E-state index contributed by atoms with van der Waals surface area (Å²) in [6.07, 6.45) is 1.81. The van der Waals surface area contributed by atoms with E-state index in [2.05, 4.69) is 15.9 Å². The Labute approximate surface area is 203 Å². The molecule has 30 heavy (non-hydrogen) atoms. The minimum Gasteiger partial charge on any atom is -0.490 e. The molecule has 4 nitrogen and oxygen atoms in total. The second-order valence-electron chi connectivity index (χ2n) is 6.20. The first-order valence-electron chi connectivity index (χ1n) is 9.12. The van der Waals surface area contributed by atoms with Crippen LogP contribution in [0.5, 0.6) is 11.5 Å². The van der Waals surface area contributed by atoms with Crippen LogP contribution in [0.15, 0.2) is 39.7 Å². The maximum Gasteiger partial charge on any atom is 0.266 e. The van der Waals surface area contributed by atoms with Crippen LogP contribution in [0.25, 0.3) is 6.08 Å². The first-order chi connectivity index (χ1) is 14.3. The van der Waals surface area contributed by atoms with E-state index in [1.807, 2.05) is 32.0 Å². The lowest BCUT2D eigenvalue weighted by Crippen LogP contribution is -2.27. The zero-order valence-electron chi connectivity index (χ0n) is 16.2. The van der Waals surface area contributed by atoms with Gasteiger partial charge in [0.05, 0.1) is 11.5 Å². The maximum atomic E-state index is 12.5. The van der Waals surface area contributed by atoms with Crippen LogP contribution in [-0.2, 0) is 11.4 Å². The Bertz CT molecular complexity index is 1030. The van der Waals surface area contributed by atoms with Crippen LogP contribution in [0.2, 0.25) is 10.0 Å². The number of amides is 1. The van der Waals surface area contributed by atoms with E-state index < -0.39 is 0 Å². The number of carbonyl (C=O) groups is 1. The Balaban J connectivity index is 1.88. The van der Waals surface area contributed by atoms with Gasteiger partial charge in [-0.1, -0.05) is 69.2 Å². The third kappa shape index (κ3) is 5.32. The smallest absolute Gasteiger partial charge is 0.266 e. The van der Waals surface area contributed by atoms with Gasteiger partial charge >= 0.3 is 0 Å². The van der Waals surface area contributed by atoms with Crippen LogP contribution in [-0.4, -0.2) is 28.3 Å². The van der Waals surface area contributed by atoms with Gasteiger partial charge < -0.3 is 9.47 Å². The van der Waals surface area contributed by atoms with Crippen molar-refractivity contribution in [2.24, 2.45) is 0 Å². The number of likely N-dealkylation sites (N-methyl/N-ethyl adjacent to an activating group) is 1. The van der Waals surface area contributed by atoms with Gasteiger partial charge in [0.15, 0.2) is 11.5 Å². The number of benzene rings is 2. The van der Waals surface area contributed by atoms with Crippen LogP contribution in [0, 0.1) is 0 Å². The number of nitrogens with zero attached hydrogens (tertiary/aromatic N) is 1. The van der Waals surface area contributed by atoms with Crippen molar-refractivity contribution in [1.82, 2.24) is 4.90 Å². The molecule has 1 amide bonds. The van der Waals surface area contributed by atoms with Gasteiger partial charge in [0.1, 0.15) is 10.9 Å². The summed E-state index contributed by atoms with van der Waals surface area (Å²) in [5.74, 6) is 1.05. The lowest BCUT2D eigenvalue weighted by Gasteiger charge is -2.15. The highest BCUT2D eigenvalue weighted by molar-refractivity contribution is 9.10. The van der Waals surface area contributed by atoms with Crippen LogP contribution in [0.1, 0.15) is 25.0 Å². The lowest BCUT2D eigenvalue weighted by molar-refractivity contribution is -0.121. The van der Waals surface area contributed by atoms with Crippen LogP contribution in [0.3, 0.4) is 0 Å². The average Bonchev–Trinajstić information content (AvgIpc) is 2.96. The van der Waals surface area contributed by atoms with Gasteiger partial charge in [-0.05, 0) is 49.8 Å². The highest BCUT2D eigenvalue weighted by Gasteiger charge is 2.30. The quantitative estimate of drug-likeness (QED) is 0.277. The Hall–Kier alpha value is -1.25. The third-order valence-corrected chi connectivity index (χ3v) is 6.89. The zero-order valence-corrected chi connectivity index (χ0v) is 20.9. The summed E-state index contributed by atoms with van der Waals surface area (Å²) in [6.45, 7) is 5.07. The normalized spacial score (nSPS) is 15.2. The van der Waals surface area contributed by atoms with Crippen molar-refractivity contribution in [1.29, 1.82) is 0 Å². The second kappa shape index (κ2) is 10.4. The fourth-order valence-corrected chi connectivity index (χ4v) is 5.03. The monoisotopic (exact) mass is 545 g/mol. The van der Waals surface area contributed by atoms with Crippen molar-refractivity contribution >= 4 is 79.4 Å². The first kappa shape index (κ1) is 23.4. The molecule has 1 saturated heterocycles. The largest absolute Gasteiger partial charge is 0.490 e. The maximum absolute atomic E-state index is 12.5. The highest BCUT2D eigenvalue weighted by atomic mass is 79.9. The zero-order chi connectivity index (χ0) is 21.8. The molecule has 0 unspecified atom stereocenters. The molecule has 0 bridgehead atoms. The minimum atomic E-state index is -0.0879. The Kier molecular flexibility index (Phi) is 8.10. The van der Waals surface area contributed by atoms with Crippen molar-refractivity contribution in [3.8, 4) is 11.5 Å². The van der Waals surface area contributed by atoms with Crippen LogP contribution in [0.4, 0.5) is 0 Å². The van der Waals surface area contributed by atoms with Gasteiger partial charge in [0.2, 0.25) is 0 Å². The Morgan fingerprint density at radius 2 is 1.90 bits per heavy atom. The number of hydrogen-bond donors (Lipinski definition) is 0. The number of rotatable bonds is 7. The SMILES string of the molecule is CCOc1cc(/C=C2\SC(=S)N(CC)C2=O)c(Br)cc1OCc1ccc(Cl)cc1Cl.